The molecule has 0 bridgehead atoms. The maximum absolute atomic E-state index is 13.5. The predicted molar refractivity (Wildman–Crippen MR) is 57.7 cm³/mol. The number of hydrogen-bond donors (Lipinski definition) is 1. The van der Waals surface area contributed by atoms with Gasteiger partial charge < -0.3 is 5.32 Å². The number of rotatable bonds is 3. The van der Waals surface area contributed by atoms with Crippen LogP contribution in [0, 0.1) is 5.82 Å². The highest BCUT2D eigenvalue weighted by atomic mass is 35.5. The second kappa shape index (κ2) is 4.19. The molecular weight excluding hydrogens is 217 g/mol. The van der Waals surface area contributed by atoms with Crippen LogP contribution in [0.1, 0.15) is 24.3 Å². The molecule has 1 N–H and O–H groups in total. The summed E-state index contributed by atoms with van der Waals surface area (Å²) in [6, 6.07) is 4.79. The van der Waals surface area contributed by atoms with Crippen molar-refractivity contribution in [3.8, 4) is 0 Å². The molecule has 80 valence electrons. The van der Waals surface area contributed by atoms with Crippen molar-refractivity contribution in [1.82, 2.24) is 0 Å². The van der Waals surface area contributed by atoms with Gasteiger partial charge in [0.2, 0.25) is 5.91 Å². The Hall–Kier alpha value is -1.09. The highest BCUT2D eigenvalue weighted by molar-refractivity contribution is 6.29. The number of halogens is 2. The summed E-state index contributed by atoms with van der Waals surface area (Å²) in [6.07, 6.45) is 2.12. The number of alkyl halides is 1. The smallest absolute Gasteiger partial charge is 0.239 e. The van der Waals surface area contributed by atoms with Crippen molar-refractivity contribution in [2.24, 2.45) is 0 Å². The molecule has 1 aliphatic carbocycles. The van der Waals surface area contributed by atoms with Crippen molar-refractivity contribution in [3.05, 3.63) is 29.6 Å². The lowest BCUT2D eigenvalue weighted by molar-refractivity contribution is -0.113. The van der Waals surface area contributed by atoms with Crippen molar-refractivity contribution in [2.75, 3.05) is 11.2 Å². The van der Waals surface area contributed by atoms with Gasteiger partial charge in [-0.25, -0.2) is 4.39 Å². The van der Waals surface area contributed by atoms with Crippen LogP contribution in [0.4, 0.5) is 10.1 Å². The molecule has 0 radical (unpaired) electrons. The normalized spacial score (nSPS) is 15.1. The fourth-order valence-corrected chi connectivity index (χ4v) is 1.59. The Morgan fingerprint density at radius 3 is 2.80 bits per heavy atom. The molecule has 0 saturated heterocycles. The molecule has 4 heteroatoms. The van der Waals surface area contributed by atoms with Gasteiger partial charge in [-0.3, -0.25) is 4.79 Å². The van der Waals surface area contributed by atoms with Crippen LogP contribution in [-0.2, 0) is 4.79 Å². The largest absolute Gasteiger partial charge is 0.325 e. The Bertz CT molecular complexity index is 390. The standard InChI is InChI=1S/C11H11ClFNO/c12-6-11(15)14-8-3-4-9(7-1-2-7)10(13)5-8/h3-5,7H,1-2,6H2,(H,14,15). The van der Waals surface area contributed by atoms with Crippen molar-refractivity contribution < 1.29 is 9.18 Å². The van der Waals surface area contributed by atoms with E-state index in [1.54, 1.807) is 12.1 Å². The van der Waals surface area contributed by atoms with E-state index in [0.29, 0.717) is 11.6 Å². The van der Waals surface area contributed by atoms with Crippen molar-refractivity contribution >= 4 is 23.2 Å². The van der Waals surface area contributed by atoms with Crippen LogP contribution in [-0.4, -0.2) is 11.8 Å². The Labute approximate surface area is 92.4 Å². The molecule has 1 fully saturated rings. The third-order valence-corrected chi connectivity index (χ3v) is 2.67. The molecule has 0 spiro atoms. The molecule has 1 aromatic carbocycles. The van der Waals surface area contributed by atoms with E-state index in [4.69, 9.17) is 11.6 Å². The van der Waals surface area contributed by atoms with Crippen LogP contribution < -0.4 is 5.32 Å². The van der Waals surface area contributed by atoms with Gasteiger partial charge in [0.1, 0.15) is 11.7 Å². The molecule has 0 heterocycles. The van der Waals surface area contributed by atoms with E-state index in [9.17, 15) is 9.18 Å². The van der Waals surface area contributed by atoms with E-state index < -0.39 is 0 Å². The number of benzene rings is 1. The minimum atomic E-state index is -0.324. The van der Waals surface area contributed by atoms with Crippen molar-refractivity contribution in [1.29, 1.82) is 0 Å². The molecule has 15 heavy (non-hydrogen) atoms. The molecule has 1 amide bonds. The van der Waals surface area contributed by atoms with Gasteiger partial charge in [-0.05, 0) is 36.5 Å². The van der Waals surface area contributed by atoms with Gasteiger partial charge in [0.15, 0.2) is 0 Å². The van der Waals surface area contributed by atoms with E-state index >= 15 is 0 Å². The lowest BCUT2D eigenvalue weighted by atomic mass is 10.1. The first-order valence-electron chi connectivity index (χ1n) is 4.86. The maximum Gasteiger partial charge on any atom is 0.239 e. The SMILES string of the molecule is O=C(CCl)Nc1ccc(C2CC2)c(F)c1. The van der Waals surface area contributed by atoms with Crippen LogP contribution in [0.3, 0.4) is 0 Å². The zero-order valence-electron chi connectivity index (χ0n) is 8.09. The molecule has 0 unspecified atom stereocenters. The van der Waals surface area contributed by atoms with E-state index in [1.807, 2.05) is 0 Å². The number of amides is 1. The van der Waals surface area contributed by atoms with E-state index in [1.165, 1.54) is 6.07 Å². The number of carbonyl (C=O) groups is 1. The Balaban J connectivity index is 2.14. The first kappa shape index (κ1) is 10.4. The highest BCUT2D eigenvalue weighted by Gasteiger charge is 2.26. The summed E-state index contributed by atoms with van der Waals surface area (Å²) in [4.78, 5) is 11.0. The van der Waals surface area contributed by atoms with Crippen LogP contribution in [0.2, 0.25) is 0 Å². The van der Waals surface area contributed by atoms with E-state index in [2.05, 4.69) is 5.32 Å². The monoisotopic (exact) mass is 227 g/mol. The van der Waals surface area contributed by atoms with Gasteiger partial charge in [-0.2, -0.15) is 0 Å². The molecule has 1 aliphatic rings. The summed E-state index contributed by atoms with van der Waals surface area (Å²) in [7, 11) is 0. The molecule has 2 rings (SSSR count). The average molecular weight is 228 g/mol. The fourth-order valence-electron chi connectivity index (χ4n) is 1.52. The van der Waals surface area contributed by atoms with Crippen LogP contribution in [0.25, 0.3) is 0 Å². The average Bonchev–Trinajstić information content (AvgIpc) is 3.01. The molecule has 0 aromatic heterocycles. The third-order valence-electron chi connectivity index (χ3n) is 2.42. The van der Waals surface area contributed by atoms with Crippen molar-refractivity contribution in [3.63, 3.8) is 0 Å². The van der Waals surface area contributed by atoms with Gasteiger partial charge in [-0.1, -0.05) is 6.07 Å². The fraction of sp³-hybridized carbons (Fsp3) is 0.364. The topological polar surface area (TPSA) is 29.1 Å². The highest BCUT2D eigenvalue weighted by Crippen LogP contribution is 2.41. The summed E-state index contributed by atoms with van der Waals surface area (Å²) in [5, 5.41) is 2.51. The molecule has 1 saturated carbocycles. The minimum absolute atomic E-state index is 0.119. The maximum atomic E-state index is 13.5. The molecule has 0 aliphatic heterocycles. The van der Waals surface area contributed by atoms with Gasteiger partial charge in [0.05, 0.1) is 0 Å². The first-order chi connectivity index (χ1) is 7.20. The third kappa shape index (κ3) is 2.48. The van der Waals surface area contributed by atoms with E-state index in [0.717, 1.165) is 18.4 Å². The summed E-state index contributed by atoms with van der Waals surface area (Å²) in [5.74, 6) is -0.311. The second-order valence-electron chi connectivity index (χ2n) is 3.69. The van der Waals surface area contributed by atoms with Crippen LogP contribution in [0.15, 0.2) is 18.2 Å². The van der Waals surface area contributed by atoms with Crippen molar-refractivity contribution in [2.45, 2.75) is 18.8 Å². The van der Waals surface area contributed by atoms with Gasteiger partial charge >= 0.3 is 0 Å². The predicted octanol–water partition coefficient (Wildman–Crippen LogP) is 2.88. The quantitative estimate of drug-likeness (QED) is 0.791. The lowest BCUT2D eigenvalue weighted by Gasteiger charge is -2.05. The summed E-state index contributed by atoms with van der Waals surface area (Å²) in [6.45, 7) is 0. The Morgan fingerprint density at radius 2 is 2.27 bits per heavy atom. The minimum Gasteiger partial charge on any atom is -0.325 e. The second-order valence-corrected chi connectivity index (χ2v) is 3.96. The number of anilines is 1. The first-order valence-corrected chi connectivity index (χ1v) is 5.39. The molecule has 1 aromatic rings. The van der Waals surface area contributed by atoms with Gasteiger partial charge in [0, 0.05) is 5.69 Å². The van der Waals surface area contributed by atoms with Crippen LogP contribution in [0.5, 0.6) is 0 Å². The molecular formula is C11H11ClFNO. The zero-order chi connectivity index (χ0) is 10.8. The molecule has 2 nitrogen and oxygen atoms in total. The summed E-state index contributed by atoms with van der Waals surface area (Å²) < 4.78 is 13.5. The van der Waals surface area contributed by atoms with Crippen LogP contribution >= 0.6 is 11.6 Å². The van der Waals surface area contributed by atoms with E-state index in [-0.39, 0.29) is 17.6 Å². The number of hydrogen-bond acceptors (Lipinski definition) is 1. The summed E-state index contributed by atoms with van der Waals surface area (Å²) >= 11 is 5.33. The Morgan fingerprint density at radius 1 is 1.53 bits per heavy atom. The summed E-state index contributed by atoms with van der Waals surface area (Å²) in [5.41, 5.74) is 1.21. The zero-order valence-corrected chi connectivity index (χ0v) is 8.85. The lowest BCUT2D eigenvalue weighted by Crippen LogP contribution is -2.12. The molecule has 0 atom stereocenters. The number of carbonyl (C=O) groups excluding carboxylic acids is 1. The van der Waals surface area contributed by atoms with Gasteiger partial charge in [0.25, 0.3) is 0 Å². The van der Waals surface area contributed by atoms with Gasteiger partial charge in [-0.15, -0.1) is 11.6 Å². The number of nitrogens with one attached hydrogen (secondary N) is 1. The Kier molecular flexibility index (Phi) is 2.91.